The topological polar surface area (TPSA) is 36.4 Å². The average molecular weight is 259 g/mol. The van der Waals surface area contributed by atoms with Crippen LogP contribution in [-0.4, -0.2) is 46.9 Å². The predicted octanol–water partition coefficient (Wildman–Crippen LogP) is 1.53. The highest BCUT2D eigenvalue weighted by atomic mass is 16.2. The summed E-state index contributed by atoms with van der Waals surface area (Å²) in [6.45, 7) is 4.67. The molecule has 3 rings (SSSR count). The van der Waals surface area contributed by atoms with Gasteiger partial charge in [0.05, 0.1) is 0 Å². The van der Waals surface area contributed by atoms with Crippen LogP contribution in [0.3, 0.4) is 0 Å². The Balaban J connectivity index is 1.48. The molecule has 4 heteroatoms. The van der Waals surface area contributed by atoms with Gasteiger partial charge in [-0.15, -0.1) is 0 Å². The van der Waals surface area contributed by atoms with Crippen molar-refractivity contribution in [2.24, 2.45) is 5.92 Å². The summed E-state index contributed by atoms with van der Waals surface area (Å²) in [5.41, 5.74) is 1.25. The number of aromatic nitrogens is 1. The molecule has 1 aliphatic heterocycles. The quantitative estimate of drug-likeness (QED) is 0.826. The van der Waals surface area contributed by atoms with E-state index in [1.165, 1.54) is 12.0 Å². The molecule has 0 atom stereocenters. The first kappa shape index (κ1) is 12.6. The second kappa shape index (κ2) is 5.70. The van der Waals surface area contributed by atoms with Crippen LogP contribution in [-0.2, 0) is 11.3 Å². The lowest BCUT2D eigenvalue weighted by molar-refractivity contribution is -0.140. The zero-order valence-electron chi connectivity index (χ0n) is 11.3. The second-order valence-electron chi connectivity index (χ2n) is 5.59. The molecule has 1 aromatic heterocycles. The van der Waals surface area contributed by atoms with Crippen molar-refractivity contribution in [2.45, 2.75) is 25.8 Å². The molecular formula is C15H21N3O. The Hall–Kier alpha value is -1.42. The first-order chi connectivity index (χ1) is 9.33. The zero-order chi connectivity index (χ0) is 13.1. The largest absolute Gasteiger partial charge is 0.340 e. The third kappa shape index (κ3) is 2.95. The zero-order valence-corrected chi connectivity index (χ0v) is 11.3. The maximum Gasteiger partial charge on any atom is 0.225 e. The smallest absolute Gasteiger partial charge is 0.225 e. The summed E-state index contributed by atoms with van der Waals surface area (Å²) in [7, 11) is 0. The maximum absolute atomic E-state index is 12.1. The van der Waals surface area contributed by atoms with Crippen molar-refractivity contribution < 1.29 is 4.79 Å². The molecular weight excluding hydrogens is 238 g/mol. The number of nitrogens with zero attached hydrogens (tertiary/aromatic N) is 3. The number of pyridine rings is 1. The van der Waals surface area contributed by atoms with Gasteiger partial charge in [-0.3, -0.25) is 14.7 Å². The van der Waals surface area contributed by atoms with E-state index in [4.69, 9.17) is 0 Å². The molecule has 1 saturated heterocycles. The van der Waals surface area contributed by atoms with Crippen molar-refractivity contribution in [1.82, 2.24) is 14.8 Å². The van der Waals surface area contributed by atoms with Crippen molar-refractivity contribution in [2.75, 3.05) is 26.2 Å². The molecule has 102 valence electrons. The van der Waals surface area contributed by atoms with E-state index in [0.717, 1.165) is 45.6 Å². The van der Waals surface area contributed by atoms with E-state index in [-0.39, 0.29) is 0 Å². The van der Waals surface area contributed by atoms with E-state index >= 15 is 0 Å². The molecule has 1 amide bonds. The van der Waals surface area contributed by atoms with Gasteiger partial charge in [-0.1, -0.05) is 12.5 Å². The summed E-state index contributed by atoms with van der Waals surface area (Å²) in [6.07, 6.45) is 7.17. The lowest BCUT2D eigenvalue weighted by atomic mass is 9.84. The standard InChI is InChI=1S/C15H21N3O/c19-15(14-4-1-5-14)18-9-7-17(8-10-18)12-13-3-2-6-16-11-13/h2-3,6,11,14H,1,4-5,7-10,12H2. The Kier molecular flexibility index (Phi) is 3.78. The van der Waals surface area contributed by atoms with E-state index < -0.39 is 0 Å². The van der Waals surface area contributed by atoms with Crippen LogP contribution in [0.15, 0.2) is 24.5 Å². The Bertz CT molecular complexity index is 422. The molecule has 0 N–H and O–H groups in total. The van der Waals surface area contributed by atoms with Gasteiger partial charge in [0.1, 0.15) is 0 Å². The van der Waals surface area contributed by atoms with E-state index in [0.29, 0.717) is 11.8 Å². The highest BCUT2D eigenvalue weighted by Crippen LogP contribution is 2.28. The van der Waals surface area contributed by atoms with E-state index in [1.54, 1.807) is 6.20 Å². The third-order valence-electron chi connectivity index (χ3n) is 4.27. The summed E-state index contributed by atoms with van der Waals surface area (Å²) in [4.78, 5) is 20.8. The Morgan fingerprint density at radius 1 is 1.26 bits per heavy atom. The van der Waals surface area contributed by atoms with Crippen molar-refractivity contribution in [1.29, 1.82) is 0 Å². The van der Waals surface area contributed by atoms with Crippen LogP contribution in [0.4, 0.5) is 0 Å². The number of amides is 1. The summed E-state index contributed by atoms with van der Waals surface area (Å²) in [5, 5.41) is 0. The van der Waals surface area contributed by atoms with Crippen molar-refractivity contribution in [3.63, 3.8) is 0 Å². The summed E-state index contributed by atoms with van der Waals surface area (Å²) >= 11 is 0. The van der Waals surface area contributed by atoms with E-state index in [2.05, 4.69) is 20.9 Å². The fourth-order valence-corrected chi connectivity index (χ4v) is 2.79. The second-order valence-corrected chi connectivity index (χ2v) is 5.59. The lowest BCUT2D eigenvalue weighted by Gasteiger charge is -2.38. The van der Waals surface area contributed by atoms with Gasteiger partial charge in [0.2, 0.25) is 5.91 Å². The number of rotatable bonds is 3. The van der Waals surface area contributed by atoms with Crippen LogP contribution < -0.4 is 0 Å². The summed E-state index contributed by atoms with van der Waals surface area (Å²) in [6, 6.07) is 4.09. The van der Waals surface area contributed by atoms with Gasteiger partial charge in [-0.25, -0.2) is 0 Å². The van der Waals surface area contributed by atoms with Gasteiger partial charge in [0, 0.05) is 51.0 Å². The molecule has 2 heterocycles. The van der Waals surface area contributed by atoms with Crippen molar-refractivity contribution in [3.05, 3.63) is 30.1 Å². The van der Waals surface area contributed by atoms with E-state index in [1.807, 2.05) is 12.3 Å². The van der Waals surface area contributed by atoms with Crippen LogP contribution in [0.1, 0.15) is 24.8 Å². The average Bonchev–Trinajstić information content (AvgIpc) is 2.39. The van der Waals surface area contributed by atoms with Crippen LogP contribution in [0, 0.1) is 5.92 Å². The van der Waals surface area contributed by atoms with Crippen LogP contribution in [0.25, 0.3) is 0 Å². The maximum atomic E-state index is 12.1. The molecule has 2 aliphatic rings. The Morgan fingerprint density at radius 3 is 2.63 bits per heavy atom. The van der Waals surface area contributed by atoms with Crippen LogP contribution in [0.2, 0.25) is 0 Å². The number of carbonyl (C=O) groups excluding carboxylic acids is 1. The van der Waals surface area contributed by atoms with E-state index in [9.17, 15) is 4.79 Å². The normalized spacial score (nSPS) is 21.2. The molecule has 0 radical (unpaired) electrons. The van der Waals surface area contributed by atoms with Gasteiger partial charge < -0.3 is 4.90 Å². The monoisotopic (exact) mass is 259 g/mol. The van der Waals surface area contributed by atoms with Gasteiger partial charge >= 0.3 is 0 Å². The first-order valence-electron chi connectivity index (χ1n) is 7.23. The minimum Gasteiger partial charge on any atom is -0.340 e. The number of piperazine rings is 1. The molecule has 1 aromatic rings. The molecule has 1 aliphatic carbocycles. The molecule has 19 heavy (non-hydrogen) atoms. The number of hydrogen-bond acceptors (Lipinski definition) is 3. The molecule has 0 bridgehead atoms. The fourth-order valence-electron chi connectivity index (χ4n) is 2.79. The first-order valence-corrected chi connectivity index (χ1v) is 7.23. The molecule has 0 unspecified atom stereocenters. The Morgan fingerprint density at radius 2 is 2.05 bits per heavy atom. The molecule has 0 spiro atoms. The SMILES string of the molecule is O=C(C1CCC1)N1CCN(Cc2cccnc2)CC1. The lowest BCUT2D eigenvalue weighted by Crippen LogP contribution is -2.50. The minimum atomic E-state index is 0.338. The van der Waals surface area contributed by atoms with Gasteiger partial charge in [-0.2, -0.15) is 0 Å². The highest BCUT2D eigenvalue weighted by Gasteiger charge is 2.30. The van der Waals surface area contributed by atoms with Gasteiger partial charge in [0.15, 0.2) is 0 Å². The molecule has 0 aromatic carbocycles. The highest BCUT2D eigenvalue weighted by molar-refractivity contribution is 5.79. The number of carbonyl (C=O) groups is 1. The Labute approximate surface area is 114 Å². The predicted molar refractivity (Wildman–Crippen MR) is 73.4 cm³/mol. The molecule has 4 nitrogen and oxygen atoms in total. The third-order valence-corrected chi connectivity index (χ3v) is 4.27. The van der Waals surface area contributed by atoms with Crippen molar-refractivity contribution in [3.8, 4) is 0 Å². The minimum absolute atomic E-state index is 0.338. The number of hydrogen-bond donors (Lipinski definition) is 0. The van der Waals surface area contributed by atoms with Crippen molar-refractivity contribution >= 4 is 5.91 Å². The fraction of sp³-hybridized carbons (Fsp3) is 0.600. The molecule has 1 saturated carbocycles. The summed E-state index contributed by atoms with van der Waals surface area (Å²) in [5.74, 6) is 0.733. The van der Waals surface area contributed by atoms with Gasteiger partial charge in [0.25, 0.3) is 0 Å². The van der Waals surface area contributed by atoms with Crippen LogP contribution >= 0.6 is 0 Å². The molecule has 2 fully saturated rings. The van der Waals surface area contributed by atoms with Crippen LogP contribution in [0.5, 0.6) is 0 Å². The summed E-state index contributed by atoms with van der Waals surface area (Å²) < 4.78 is 0. The van der Waals surface area contributed by atoms with Gasteiger partial charge in [-0.05, 0) is 24.5 Å².